The molecule has 1 aromatic heterocycles. The molecular weight excluding hydrogens is 268 g/mol. The van der Waals surface area contributed by atoms with Crippen LogP contribution in [0.4, 0.5) is 0 Å². The molecule has 0 radical (unpaired) electrons. The summed E-state index contributed by atoms with van der Waals surface area (Å²) < 4.78 is 11.1. The van der Waals surface area contributed by atoms with Gasteiger partial charge in [-0.05, 0) is 31.9 Å². The lowest BCUT2D eigenvalue weighted by atomic mass is 10.0. The predicted molar refractivity (Wildman–Crippen MR) is 80.3 cm³/mol. The fourth-order valence-corrected chi connectivity index (χ4v) is 2.81. The molecule has 2 heterocycles. The highest BCUT2D eigenvalue weighted by atomic mass is 16.5. The maximum Gasteiger partial charge on any atom is 0.254 e. The van der Waals surface area contributed by atoms with Gasteiger partial charge in [0.1, 0.15) is 0 Å². The zero-order chi connectivity index (χ0) is 15.5. The molecule has 5 heteroatoms. The van der Waals surface area contributed by atoms with Gasteiger partial charge in [0.25, 0.3) is 5.91 Å². The lowest BCUT2D eigenvalue weighted by molar-refractivity contribution is -0.143. The quantitative estimate of drug-likeness (QED) is 0.850. The molecule has 1 atom stereocenters. The Morgan fingerprint density at radius 3 is 3.00 bits per heavy atom. The Hall–Kier alpha value is -1.46. The van der Waals surface area contributed by atoms with E-state index in [2.05, 4.69) is 4.98 Å². The smallest absolute Gasteiger partial charge is 0.254 e. The van der Waals surface area contributed by atoms with Crippen molar-refractivity contribution in [2.45, 2.75) is 38.9 Å². The molecule has 1 aromatic rings. The maximum absolute atomic E-state index is 12.8. The van der Waals surface area contributed by atoms with Crippen LogP contribution in [0.25, 0.3) is 0 Å². The third kappa shape index (κ3) is 3.80. The highest BCUT2D eigenvalue weighted by Crippen LogP contribution is 2.23. The largest absolute Gasteiger partial charge is 0.382 e. The van der Waals surface area contributed by atoms with Gasteiger partial charge >= 0.3 is 0 Å². The van der Waals surface area contributed by atoms with Gasteiger partial charge < -0.3 is 14.4 Å². The maximum atomic E-state index is 12.8. The Kier molecular flexibility index (Phi) is 4.96. The molecule has 1 amide bonds. The van der Waals surface area contributed by atoms with Gasteiger partial charge in [0.2, 0.25) is 0 Å². The number of rotatable bonds is 4. The van der Waals surface area contributed by atoms with E-state index < -0.39 is 0 Å². The van der Waals surface area contributed by atoms with Crippen molar-refractivity contribution < 1.29 is 14.3 Å². The van der Waals surface area contributed by atoms with Crippen LogP contribution in [0.3, 0.4) is 0 Å². The normalized spacial score (nSPS) is 21.3. The summed E-state index contributed by atoms with van der Waals surface area (Å²) >= 11 is 0. The average molecular weight is 292 g/mol. The number of hydrogen-bond donors (Lipinski definition) is 0. The first kappa shape index (κ1) is 15.9. The summed E-state index contributed by atoms with van der Waals surface area (Å²) in [5.41, 5.74) is 1.35. The molecule has 2 rings (SSSR count). The van der Waals surface area contributed by atoms with Crippen molar-refractivity contribution in [3.05, 3.63) is 29.6 Å². The first-order valence-corrected chi connectivity index (χ1v) is 7.35. The monoisotopic (exact) mass is 292 g/mol. The predicted octanol–water partition coefficient (Wildman–Crippen LogP) is 1.91. The second kappa shape index (κ2) is 6.54. The van der Waals surface area contributed by atoms with Crippen LogP contribution >= 0.6 is 0 Å². The third-order valence-corrected chi connectivity index (χ3v) is 3.64. The number of morpholine rings is 1. The molecule has 0 bridgehead atoms. The van der Waals surface area contributed by atoms with E-state index in [1.54, 1.807) is 25.6 Å². The van der Waals surface area contributed by atoms with Gasteiger partial charge in [0.05, 0.1) is 18.3 Å². The molecule has 1 saturated heterocycles. The number of amides is 1. The Morgan fingerprint density at radius 2 is 2.33 bits per heavy atom. The molecule has 0 saturated carbocycles. The molecule has 0 aromatic carbocycles. The number of ether oxygens (including phenoxy) is 2. The second-order valence-electron chi connectivity index (χ2n) is 6.03. The lowest BCUT2D eigenvalue weighted by Crippen LogP contribution is -2.55. The molecule has 0 spiro atoms. The summed E-state index contributed by atoms with van der Waals surface area (Å²) in [7, 11) is 1.65. The van der Waals surface area contributed by atoms with Crippen molar-refractivity contribution in [3.63, 3.8) is 0 Å². The van der Waals surface area contributed by atoms with E-state index in [1.165, 1.54) is 0 Å². The van der Waals surface area contributed by atoms with Crippen molar-refractivity contribution in [1.29, 1.82) is 0 Å². The average Bonchev–Trinajstić information content (AvgIpc) is 2.45. The Morgan fingerprint density at radius 1 is 1.57 bits per heavy atom. The first-order valence-electron chi connectivity index (χ1n) is 7.35. The van der Waals surface area contributed by atoms with Crippen LogP contribution < -0.4 is 0 Å². The van der Waals surface area contributed by atoms with Crippen molar-refractivity contribution in [2.75, 3.05) is 26.8 Å². The van der Waals surface area contributed by atoms with Crippen LogP contribution in [0.15, 0.2) is 18.5 Å². The number of hydrogen-bond acceptors (Lipinski definition) is 4. The minimum atomic E-state index is -0.365. The van der Waals surface area contributed by atoms with E-state index in [1.807, 2.05) is 25.7 Å². The molecule has 5 nitrogen and oxygen atoms in total. The van der Waals surface area contributed by atoms with Gasteiger partial charge in [-0.3, -0.25) is 9.78 Å². The number of aromatic nitrogens is 1. The number of pyridine rings is 1. The number of nitrogens with zero attached hydrogens (tertiary/aromatic N) is 2. The molecular formula is C16H24N2O3. The van der Waals surface area contributed by atoms with Gasteiger partial charge in [-0.15, -0.1) is 0 Å². The van der Waals surface area contributed by atoms with Crippen LogP contribution in [0.5, 0.6) is 0 Å². The zero-order valence-corrected chi connectivity index (χ0v) is 13.3. The fraction of sp³-hybridized carbons (Fsp3) is 0.625. The Balaban J connectivity index is 2.21. The highest BCUT2D eigenvalue weighted by molar-refractivity contribution is 5.95. The van der Waals surface area contributed by atoms with Crippen LogP contribution in [0.1, 0.15) is 36.7 Å². The standard InChI is InChI=1S/C16H24N2O3/c1-5-12-8-17-7-6-14(12)15(19)18-9-13(10-20-4)21-16(2,3)11-18/h6-8,13H,5,9-11H2,1-4H3/t13-/m0/s1. The van der Waals surface area contributed by atoms with E-state index in [4.69, 9.17) is 9.47 Å². The third-order valence-electron chi connectivity index (χ3n) is 3.64. The minimum Gasteiger partial charge on any atom is -0.382 e. The van der Waals surface area contributed by atoms with Gasteiger partial charge in [-0.1, -0.05) is 6.92 Å². The molecule has 0 aliphatic carbocycles. The van der Waals surface area contributed by atoms with E-state index >= 15 is 0 Å². The summed E-state index contributed by atoms with van der Waals surface area (Å²) in [5.74, 6) is 0.0479. The lowest BCUT2D eigenvalue weighted by Gasteiger charge is -2.42. The molecule has 1 aliphatic rings. The van der Waals surface area contributed by atoms with Gasteiger partial charge in [-0.25, -0.2) is 0 Å². The Bertz CT molecular complexity index is 502. The second-order valence-corrected chi connectivity index (χ2v) is 6.03. The number of carbonyl (C=O) groups excluding carboxylic acids is 1. The molecule has 1 fully saturated rings. The van der Waals surface area contributed by atoms with Crippen molar-refractivity contribution in [2.24, 2.45) is 0 Å². The Labute approximate surface area is 126 Å². The topological polar surface area (TPSA) is 51.7 Å². The first-order chi connectivity index (χ1) is 9.96. The molecule has 0 unspecified atom stereocenters. The summed E-state index contributed by atoms with van der Waals surface area (Å²) in [4.78, 5) is 18.8. The zero-order valence-electron chi connectivity index (χ0n) is 13.3. The van der Waals surface area contributed by atoms with Gasteiger partial charge in [-0.2, -0.15) is 0 Å². The molecule has 1 aliphatic heterocycles. The molecule has 0 N–H and O–H groups in total. The van der Waals surface area contributed by atoms with Crippen LogP contribution in [-0.2, 0) is 15.9 Å². The summed E-state index contributed by atoms with van der Waals surface area (Å²) in [6.45, 7) is 7.67. The highest BCUT2D eigenvalue weighted by Gasteiger charge is 2.36. The van der Waals surface area contributed by atoms with Crippen LogP contribution in [0, 0.1) is 0 Å². The SMILES string of the molecule is CCc1cnccc1C(=O)N1C[C@@H](COC)OC(C)(C)C1. The van der Waals surface area contributed by atoms with Crippen molar-refractivity contribution >= 4 is 5.91 Å². The van der Waals surface area contributed by atoms with E-state index in [0.29, 0.717) is 19.7 Å². The van der Waals surface area contributed by atoms with Crippen LogP contribution in [0.2, 0.25) is 0 Å². The fourth-order valence-electron chi connectivity index (χ4n) is 2.81. The summed E-state index contributed by atoms with van der Waals surface area (Å²) in [5, 5.41) is 0. The summed E-state index contributed by atoms with van der Waals surface area (Å²) in [6.07, 6.45) is 4.15. The van der Waals surface area contributed by atoms with Crippen LogP contribution in [-0.4, -0.2) is 54.3 Å². The van der Waals surface area contributed by atoms with E-state index in [0.717, 1.165) is 17.5 Å². The van der Waals surface area contributed by atoms with Crippen molar-refractivity contribution in [1.82, 2.24) is 9.88 Å². The summed E-state index contributed by atoms with van der Waals surface area (Å²) in [6, 6.07) is 1.80. The van der Waals surface area contributed by atoms with E-state index in [-0.39, 0.29) is 17.6 Å². The number of aryl methyl sites for hydroxylation is 1. The molecule has 116 valence electrons. The minimum absolute atomic E-state index is 0.0479. The number of methoxy groups -OCH3 is 1. The van der Waals surface area contributed by atoms with Gasteiger partial charge in [0.15, 0.2) is 0 Å². The van der Waals surface area contributed by atoms with Crippen molar-refractivity contribution in [3.8, 4) is 0 Å². The molecule has 21 heavy (non-hydrogen) atoms. The van der Waals surface area contributed by atoms with E-state index in [9.17, 15) is 4.79 Å². The number of carbonyl (C=O) groups is 1. The van der Waals surface area contributed by atoms with Gasteiger partial charge in [0, 0.05) is 38.2 Å².